The predicted octanol–water partition coefficient (Wildman–Crippen LogP) is 7.58. The number of ether oxygens (including phenoxy) is 1. The van der Waals surface area contributed by atoms with Crippen molar-refractivity contribution < 1.29 is 19.2 Å². The number of carboxylic acids is 1. The smallest absolute Gasteiger partial charge is 0.335 e. The van der Waals surface area contributed by atoms with Crippen molar-refractivity contribution in [3.05, 3.63) is 62.8 Å². The molecule has 0 radical (unpaired) electrons. The van der Waals surface area contributed by atoms with Crippen LogP contribution in [-0.2, 0) is 17.8 Å². The number of carbonyl (C=O) groups is 1. The highest BCUT2D eigenvalue weighted by Gasteiger charge is 2.46. The summed E-state index contributed by atoms with van der Waals surface area (Å²) >= 11 is 14.6. The summed E-state index contributed by atoms with van der Waals surface area (Å²) in [5.41, 5.74) is 4.56. The van der Waals surface area contributed by atoms with Gasteiger partial charge in [-0.3, -0.25) is 0 Å². The quantitative estimate of drug-likeness (QED) is 0.228. The van der Waals surface area contributed by atoms with Crippen LogP contribution >= 0.6 is 34.5 Å². The molecule has 1 aliphatic heterocycles. The third kappa shape index (κ3) is 4.42. The number of anilines is 1. The number of rotatable bonds is 8. The molecule has 202 valence electrons. The summed E-state index contributed by atoms with van der Waals surface area (Å²) in [5, 5.41) is 16.0. The lowest BCUT2D eigenvalue weighted by atomic mass is 10.0. The highest BCUT2D eigenvalue weighted by atomic mass is 35.5. The Labute approximate surface area is 239 Å². The number of carboxylic acid groups (broad SMARTS) is 1. The number of thiazole rings is 1. The van der Waals surface area contributed by atoms with E-state index in [1.54, 1.807) is 23.5 Å². The van der Waals surface area contributed by atoms with Crippen molar-refractivity contribution in [3.63, 3.8) is 0 Å². The van der Waals surface area contributed by atoms with Gasteiger partial charge in [0.25, 0.3) is 0 Å². The first kappa shape index (κ1) is 25.3. The van der Waals surface area contributed by atoms with E-state index < -0.39 is 5.97 Å². The standard InChI is InChI=1S/C29H27Cl2N3O4S/c1-2-14-8-16(28(35)36)10-23-25(14)32-29(39-23)34-12-17-9-18(34)11-22(17)37-13-19-26(33-38-27(19)15-6-7-15)24-20(30)4-3-5-21(24)31/h3-5,8,10,15,17-18,22H,2,6-7,9,11-13H2,1H3,(H,35,36)/t17-,18-,22+/m0/s1. The summed E-state index contributed by atoms with van der Waals surface area (Å²) in [6.45, 7) is 3.33. The molecule has 2 aromatic heterocycles. The van der Waals surface area contributed by atoms with Crippen molar-refractivity contribution in [1.29, 1.82) is 0 Å². The van der Waals surface area contributed by atoms with E-state index in [0.29, 0.717) is 51.4 Å². The van der Waals surface area contributed by atoms with E-state index in [1.807, 2.05) is 25.1 Å². The molecule has 2 bridgehead atoms. The van der Waals surface area contributed by atoms with Crippen molar-refractivity contribution in [1.82, 2.24) is 10.1 Å². The largest absolute Gasteiger partial charge is 0.478 e. The molecule has 3 heterocycles. The average Bonchev–Trinajstić information content (AvgIpc) is 3.24. The first-order chi connectivity index (χ1) is 18.9. The minimum absolute atomic E-state index is 0.141. The monoisotopic (exact) mass is 583 g/mol. The van der Waals surface area contributed by atoms with Gasteiger partial charge in [0.1, 0.15) is 11.5 Å². The molecular formula is C29H27Cl2N3O4S. The number of halogens is 2. The zero-order chi connectivity index (χ0) is 26.8. The van der Waals surface area contributed by atoms with Gasteiger partial charge >= 0.3 is 5.97 Å². The van der Waals surface area contributed by atoms with E-state index in [1.165, 1.54) is 0 Å². The number of benzene rings is 2. The van der Waals surface area contributed by atoms with Crippen LogP contribution in [0.1, 0.15) is 65.8 Å². The maximum absolute atomic E-state index is 11.6. The molecule has 2 aliphatic carbocycles. The first-order valence-electron chi connectivity index (χ1n) is 13.4. The third-order valence-electron chi connectivity index (χ3n) is 8.32. The molecule has 3 fully saturated rings. The number of aromatic carboxylic acids is 1. The van der Waals surface area contributed by atoms with Gasteiger partial charge in [-0.2, -0.15) is 0 Å². The minimum Gasteiger partial charge on any atom is -0.478 e. The number of nitrogens with zero attached hydrogens (tertiary/aromatic N) is 3. The van der Waals surface area contributed by atoms with Crippen molar-refractivity contribution >= 4 is 55.9 Å². The molecule has 1 N–H and O–H groups in total. The Morgan fingerprint density at radius 1 is 1.23 bits per heavy atom. The van der Waals surface area contributed by atoms with Gasteiger partial charge in [0.2, 0.25) is 0 Å². The zero-order valence-electron chi connectivity index (χ0n) is 21.3. The lowest BCUT2D eigenvalue weighted by Gasteiger charge is -2.31. The van der Waals surface area contributed by atoms with E-state index >= 15 is 0 Å². The van der Waals surface area contributed by atoms with Gasteiger partial charge in [0.15, 0.2) is 5.13 Å². The minimum atomic E-state index is -0.903. The van der Waals surface area contributed by atoms with Crippen LogP contribution in [0, 0.1) is 5.92 Å². The SMILES string of the molecule is CCc1cc(C(=O)O)cc2sc(N3C[C@@H]4C[C@H]3C[C@H]4OCc3c(-c4c(Cl)cccc4Cl)noc3C3CC3)nc12. The molecule has 0 unspecified atom stereocenters. The number of fused-ring (bicyclic) bond motifs is 3. The Morgan fingerprint density at radius 2 is 2.03 bits per heavy atom. The molecule has 4 aromatic rings. The Kier molecular flexibility index (Phi) is 6.34. The number of hydrogen-bond acceptors (Lipinski definition) is 7. The van der Waals surface area contributed by atoms with Crippen LogP contribution in [0.2, 0.25) is 10.0 Å². The van der Waals surface area contributed by atoms with Gasteiger partial charge in [0.05, 0.1) is 38.5 Å². The Bertz CT molecular complexity index is 1580. The molecule has 7 rings (SSSR count). The molecule has 2 aromatic carbocycles. The number of hydrogen-bond donors (Lipinski definition) is 1. The summed E-state index contributed by atoms with van der Waals surface area (Å²) in [7, 11) is 0. The summed E-state index contributed by atoms with van der Waals surface area (Å²) in [6.07, 6.45) is 5.06. The fourth-order valence-corrected chi connectivity index (χ4v) is 7.90. The Hall–Kier alpha value is -2.65. The Balaban J connectivity index is 1.09. The van der Waals surface area contributed by atoms with Crippen LogP contribution in [0.4, 0.5) is 5.13 Å². The van der Waals surface area contributed by atoms with Gasteiger partial charge in [-0.05, 0) is 61.9 Å². The van der Waals surface area contributed by atoms with E-state index in [2.05, 4.69) is 10.1 Å². The normalized spacial score (nSPS) is 22.3. The second-order valence-electron chi connectivity index (χ2n) is 10.8. The van der Waals surface area contributed by atoms with E-state index in [9.17, 15) is 9.90 Å². The third-order valence-corrected chi connectivity index (χ3v) is 9.99. The summed E-state index contributed by atoms with van der Waals surface area (Å²) < 4.78 is 13.3. The van der Waals surface area contributed by atoms with Gasteiger partial charge < -0.3 is 19.3 Å². The maximum atomic E-state index is 11.6. The van der Waals surface area contributed by atoms with Crippen molar-refractivity contribution in [2.75, 3.05) is 11.4 Å². The molecular weight excluding hydrogens is 557 g/mol. The summed E-state index contributed by atoms with van der Waals surface area (Å²) in [5.74, 6) is 0.779. The average molecular weight is 585 g/mol. The van der Waals surface area contributed by atoms with Crippen LogP contribution in [0.25, 0.3) is 21.5 Å². The van der Waals surface area contributed by atoms with Crippen molar-refractivity contribution in [2.24, 2.45) is 5.92 Å². The van der Waals surface area contributed by atoms with Crippen LogP contribution in [0.3, 0.4) is 0 Å². The maximum Gasteiger partial charge on any atom is 0.335 e. The van der Waals surface area contributed by atoms with Gasteiger partial charge in [-0.15, -0.1) is 0 Å². The van der Waals surface area contributed by atoms with Crippen molar-refractivity contribution in [2.45, 2.75) is 63.7 Å². The fourth-order valence-electron chi connectivity index (χ4n) is 6.19. The van der Waals surface area contributed by atoms with Gasteiger partial charge in [0, 0.05) is 35.5 Å². The second-order valence-corrected chi connectivity index (χ2v) is 12.6. The number of aromatic nitrogens is 2. The molecule has 10 heteroatoms. The van der Waals surface area contributed by atoms with Crippen molar-refractivity contribution in [3.8, 4) is 11.3 Å². The lowest BCUT2D eigenvalue weighted by molar-refractivity contribution is 0.0122. The summed E-state index contributed by atoms with van der Waals surface area (Å²) in [6, 6.07) is 9.31. The highest BCUT2D eigenvalue weighted by Crippen LogP contribution is 2.48. The topological polar surface area (TPSA) is 88.7 Å². The van der Waals surface area contributed by atoms with Crippen LogP contribution < -0.4 is 4.90 Å². The molecule has 2 saturated carbocycles. The fraction of sp³-hybridized carbons (Fsp3) is 0.414. The molecule has 1 saturated heterocycles. The molecule has 39 heavy (non-hydrogen) atoms. The van der Waals surface area contributed by atoms with Crippen LogP contribution in [-0.4, -0.2) is 39.9 Å². The lowest BCUT2D eigenvalue weighted by Crippen LogP contribution is -2.38. The molecule has 3 atom stereocenters. The molecule has 3 aliphatic rings. The van der Waals surface area contributed by atoms with Gasteiger partial charge in [-0.25, -0.2) is 9.78 Å². The summed E-state index contributed by atoms with van der Waals surface area (Å²) in [4.78, 5) is 18.9. The first-order valence-corrected chi connectivity index (χ1v) is 15.0. The number of piperidine rings is 1. The van der Waals surface area contributed by atoms with E-state index in [0.717, 1.165) is 70.9 Å². The molecule has 0 amide bonds. The molecule has 0 spiro atoms. The van der Waals surface area contributed by atoms with E-state index in [4.69, 9.17) is 37.4 Å². The predicted molar refractivity (Wildman–Crippen MR) is 152 cm³/mol. The number of aryl methyl sites for hydroxylation is 1. The van der Waals surface area contributed by atoms with Gasteiger partial charge in [-0.1, -0.05) is 52.7 Å². The molecule has 7 nitrogen and oxygen atoms in total. The zero-order valence-corrected chi connectivity index (χ0v) is 23.7. The van der Waals surface area contributed by atoms with Crippen LogP contribution in [0.5, 0.6) is 0 Å². The Morgan fingerprint density at radius 3 is 2.69 bits per heavy atom. The van der Waals surface area contributed by atoms with Crippen LogP contribution in [0.15, 0.2) is 34.9 Å². The second kappa shape index (κ2) is 9.77. The van der Waals surface area contributed by atoms with E-state index in [-0.39, 0.29) is 6.10 Å². The highest BCUT2D eigenvalue weighted by molar-refractivity contribution is 7.22.